The molecular formula is C16H21N7O. The van der Waals surface area contributed by atoms with Gasteiger partial charge in [0.25, 0.3) is 0 Å². The van der Waals surface area contributed by atoms with Crippen molar-refractivity contribution in [1.82, 2.24) is 30.0 Å². The first kappa shape index (κ1) is 15.0. The molecule has 8 nitrogen and oxygen atoms in total. The summed E-state index contributed by atoms with van der Waals surface area (Å²) < 4.78 is 2.12. The maximum Gasteiger partial charge on any atom is 0.217 e. The highest BCUT2D eigenvalue weighted by atomic mass is 16.1. The number of nitrogens with one attached hydrogen (secondary N) is 1. The number of aryl methyl sites for hydroxylation is 1. The Hall–Kier alpha value is -2.51. The van der Waals surface area contributed by atoms with Crippen LogP contribution in [0.15, 0.2) is 6.33 Å². The Bertz CT molecular complexity index is 770. The topological polar surface area (TPSA) is 88.8 Å². The smallest absolute Gasteiger partial charge is 0.217 e. The van der Waals surface area contributed by atoms with Crippen molar-refractivity contribution < 1.29 is 4.79 Å². The van der Waals surface area contributed by atoms with Crippen LogP contribution in [0.2, 0.25) is 0 Å². The fourth-order valence-corrected chi connectivity index (χ4v) is 3.54. The molecule has 2 aromatic rings. The van der Waals surface area contributed by atoms with E-state index in [1.165, 1.54) is 24.6 Å². The lowest BCUT2D eigenvalue weighted by Gasteiger charge is -2.23. The summed E-state index contributed by atoms with van der Waals surface area (Å²) in [6.45, 7) is 4.47. The van der Waals surface area contributed by atoms with Gasteiger partial charge < -0.3 is 14.8 Å². The average Bonchev–Trinajstić information content (AvgIpc) is 3.15. The number of anilines is 1. The summed E-state index contributed by atoms with van der Waals surface area (Å²) in [4.78, 5) is 22.4. The maximum absolute atomic E-state index is 11.1. The molecule has 0 atom stereocenters. The van der Waals surface area contributed by atoms with E-state index in [0.29, 0.717) is 6.54 Å². The standard InChI is InChI=1S/C16H21N7O/c1-11(24)17-9-15-21-20-14-5-6-22(7-8-23(14)15)16-12-3-2-4-13(12)18-10-19-16/h10H,2-9H2,1H3,(H,17,24). The molecule has 4 rings (SSSR count). The second-order valence-corrected chi connectivity index (χ2v) is 6.31. The van der Waals surface area contributed by atoms with E-state index >= 15 is 0 Å². The molecular weight excluding hydrogens is 306 g/mol. The Kier molecular flexibility index (Phi) is 3.87. The molecule has 0 unspecified atom stereocenters. The lowest BCUT2D eigenvalue weighted by molar-refractivity contribution is -0.119. The molecule has 1 aliphatic carbocycles. The zero-order valence-corrected chi connectivity index (χ0v) is 13.8. The normalized spacial score (nSPS) is 16.5. The van der Waals surface area contributed by atoms with Gasteiger partial charge in [-0.1, -0.05) is 0 Å². The number of carbonyl (C=O) groups is 1. The van der Waals surface area contributed by atoms with Gasteiger partial charge in [-0.25, -0.2) is 9.97 Å². The summed E-state index contributed by atoms with van der Waals surface area (Å²) in [6, 6.07) is 0. The lowest BCUT2D eigenvalue weighted by Crippen LogP contribution is -2.29. The predicted octanol–water partition coefficient (Wildman–Crippen LogP) is 0.256. The van der Waals surface area contributed by atoms with E-state index in [1.54, 1.807) is 6.33 Å². The molecule has 126 valence electrons. The van der Waals surface area contributed by atoms with Gasteiger partial charge in [0.1, 0.15) is 18.0 Å². The van der Waals surface area contributed by atoms with E-state index in [-0.39, 0.29) is 5.91 Å². The zero-order valence-electron chi connectivity index (χ0n) is 13.8. The van der Waals surface area contributed by atoms with E-state index in [0.717, 1.165) is 56.4 Å². The number of carbonyl (C=O) groups excluding carboxylic acids is 1. The van der Waals surface area contributed by atoms with Gasteiger partial charge in [0.15, 0.2) is 5.82 Å². The van der Waals surface area contributed by atoms with Crippen LogP contribution in [0, 0.1) is 0 Å². The van der Waals surface area contributed by atoms with Crippen molar-refractivity contribution in [3.8, 4) is 0 Å². The Morgan fingerprint density at radius 2 is 2.08 bits per heavy atom. The van der Waals surface area contributed by atoms with Crippen LogP contribution in [-0.2, 0) is 37.1 Å². The van der Waals surface area contributed by atoms with Gasteiger partial charge in [0, 0.05) is 44.2 Å². The third kappa shape index (κ3) is 2.72. The molecule has 8 heteroatoms. The summed E-state index contributed by atoms with van der Waals surface area (Å²) in [7, 11) is 0. The minimum atomic E-state index is -0.0563. The highest BCUT2D eigenvalue weighted by Crippen LogP contribution is 2.28. The van der Waals surface area contributed by atoms with Gasteiger partial charge in [0.2, 0.25) is 5.91 Å². The Morgan fingerprint density at radius 3 is 2.96 bits per heavy atom. The Morgan fingerprint density at radius 1 is 1.17 bits per heavy atom. The van der Waals surface area contributed by atoms with Crippen LogP contribution in [0.25, 0.3) is 0 Å². The number of rotatable bonds is 3. The van der Waals surface area contributed by atoms with Gasteiger partial charge in [-0.05, 0) is 19.3 Å². The molecule has 24 heavy (non-hydrogen) atoms. The summed E-state index contributed by atoms with van der Waals surface area (Å²) in [6.07, 6.45) is 5.81. The van der Waals surface area contributed by atoms with Crippen molar-refractivity contribution in [2.24, 2.45) is 0 Å². The number of hydrogen-bond acceptors (Lipinski definition) is 6. The van der Waals surface area contributed by atoms with Crippen LogP contribution in [-0.4, -0.2) is 43.7 Å². The van der Waals surface area contributed by atoms with Crippen LogP contribution < -0.4 is 10.2 Å². The first-order valence-corrected chi connectivity index (χ1v) is 8.45. The molecule has 0 radical (unpaired) electrons. The van der Waals surface area contributed by atoms with Gasteiger partial charge in [-0.2, -0.15) is 0 Å². The van der Waals surface area contributed by atoms with Crippen molar-refractivity contribution in [3.05, 3.63) is 29.2 Å². The van der Waals surface area contributed by atoms with Crippen LogP contribution in [0.1, 0.15) is 36.3 Å². The van der Waals surface area contributed by atoms with E-state index in [1.807, 2.05) is 0 Å². The van der Waals surface area contributed by atoms with Crippen molar-refractivity contribution in [1.29, 1.82) is 0 Å². The minimum absolute atomic E-state index is 0.0563. The monoisotopic (exact) mass is 327 g/mol. The second-order valence-electron chi connectivity index (χ2n) is 6.31. The first-order valence-electron chi connectivity index (χ1n) is 8.45. The molecule has 1 aliphatic heterocycles. The fraction of sp³-hybridized carbons (Fsp3) is 0.562. The van der Waals surface area contributed by atoms with Crippen LogP contribution in [0.3, 0.4) is 0 Å². The highest BCUT2D eigenvalue weighted by molar-refractivity contribution is 5.72. The third-order valence-electron chi connectivity index (χ3n) is 4.75. The summed E-state index contributed by atoms with van der Waals surface area (Å²) in [5.74, 6) is 2.82. The quantitative estimate of drug-likeness (QED) is 0.870. The highest BCUT2D eigenvalue weighted by Gasteiger charge is 2.24. The van der Waals surface area contributed by atoms with E-state index in [9.17, 15) is 4.79 Å². The van der Waals surface area contributed by atoms with Gasteiger partial charge in [0.05, 0.1) is 6.54 Å². The lowest BCUT2D eigenvalue weighted by atomic mass is 10.2. The van der Waals surface area contributed by atoms with Crippen LogP contribution in [0.5, 0.6) is 0 Å². The van der Waals surface area contributed by atoms with Crippen molar-refractivity contribution in [2.45, 2.75) is 45.7 Å². The SMILES string of the molecule is CC(=O)NCc1nnc2n1CCN(c1ncnc3c1CCC3)CC2. The minimum Gasteiger partial charge on any atom is -0.354 e. The molecule has 1 amide bonds. The molecule has 2 aliphatic rings. The Balaban J connectivity index is 1.53. The summed E-state index contributed by atoms with van der Waals surface area (Å²) >= 11 is 0. The van der Waals surface area contributed by atoms with Crippen molar-refractivity contribution in [3.63, 3.8) is 0 Å². The van der Waals surface area contributed by atoms with E-state index in [2.05, 4.69) is 34.9 Å². The van der Waals surface area contributed by atoms with Crippen molar-refractivity contribution in [2.75, 3.05) is 18.0 Å². The van der Waals surface area contributed by atoms with E-state index in [4.69, 9.17) is 0 Å². The number of aromatic nitrogens is 5. The molecule has 0 saturated carbocycles. The van der Waals surface area contributed by atoms with Crippen LogP contribution in [0.4, 0.5) is 5.82 Å². The molecule has 2 aromatic heterocycles. The number of fused-ring (bicyclic) bond motifs is 2. The molecule has 0 fully saturated rings. The Labute approximate surface area is 140 Å². The fourth-order valence-electron chi connectivity index (χ4n) is 3.54. The third-order valence-corrected chi connectivity index (χ3v) is 4.75. The first-order chi connectivity index (χ1) is 11.7. The van der Waals surface area contributed by atoms with Crippen LogP contribution >= 0.6 is 0 Å². The van der Waals surface area contributed by atoms with E-state index < -0.39 is 0 Å². The number of amides is 1. The predicted molar refractivity (Wildman–Crippen MR) is 87.5 cm³/mol. The largest absolute Gasteiger partial charge is 0.354 e. The molecule has 0 spiro atoms. The van der Waals surface area contributed by atoms with Crippen molar-refractivity contribution >= 4 is 11.7 Å². The molecule has 0 bridgehead atoms. The maximum atomic E-state index is 11.1. The molecule has 0 saturated heterocycles. The average molecular weight is 327 g/mol. The molecule has 0 aromatic carbocycles. The van der Waals surface area contributed by atoms with Gasteiger partial charge in [-0.3, -0.25) is 4.79 Å². The summed E-state index contributed by atoms with van der Waals surface area (Å²) in [5, 5.41) is 11.3. The summed E-state index contributed by atoms with van der Waals surface area (Å²) in [5.41, 5.74) is 2.52. The zero-order chi connectivity index (χ0) is 16.5. The number of nitrogens with zero attached hydrogens (tertiary/aromatic N) is 6. The number of hydrogen-bond donors (Lipinski definition) is 1. The molecule has 1 N–H and O–H groups in total. The van der Waals surface area contributed by atoms with Gasteiger partial charge in [-0.15, -0.1) is 10.2 Å². The second kappa shape index (κ2) is 6.18. The van der Waals surface area contributed by atoms with Gasteiger partial charge >= 0.3 is 0 Å². The molecule has 3 heterocycles.